The highest BCUT2D eigenvalue weighted by Crippen LogP contribution is 2.39. The maximum atomic E-state index is 11.2. The summed E-state index contributed by atoms with van der Waals surface area (Å²) >= 11 is 0. The smallest absolute Gasteiger partial charge is 0.269 e. The minimum atomic E-state index is -0.397. The van der Waals surface area contributed by atoms with Crippen LogP contribution in [0, 0.1) is 20.2 Å². The van der Waals surface area contributed by atoms with Crippen LogP contribution in [-0.2, 0) is 0 Å². The van der Waals surface area contributed by atoms with Crippen molar-refractivity contribution in [2.45, 2.75) is 0 Å². The van der Waals surface area contributed by atoms with E-state index in [4.69, 9.17) is 0 Å². The summed E-state index contributed by atoms with van der Waals surface area (Å²) in [6.07, 6.45) is 0. The molecule has 0 saturated carbocycles. The molecule has 0 radical (unpaired) electrons. The van der Waals surface area contributed by atoms with E-state index in [0.29, 0.717) is 0 Å². The van der Waals surface area contributed by atoms with Gasteiger partial charge < -0.3 is 9.13 Å². The monoisotopic (exact) mass is 498 g/mol. The maximum Gasteiger partial charge on any atom is 0.269 e. The molecule has 182 valence electrons. The molecule has 5 aromatic carbocycles. The van der Waals surface area contributed by atoms with Crippen LogP contribution in [0.4, 0.5) is 11.4 Å². The van der Waals surface area contributed by atoms with Crippen molar-refractivity contribution in [3.05, 3.63) is 129 Å². The highest BCUT2D eigenvalue weighted by molar-refractivity contribution is 6.19. The number of nitro benzene ring substituents is 2. The second-order valence-electron chi connectivity index (χ2n) is 9.14. The minimum absolute atomic E-state index is 0.0445. The Morgan fingerprint density at radius 1 is 0.447 bits per heavy atom. The Morgan fingerprint density at radius 3 is 1.18 bits per heavy atom. The molecule has 2 aromatic heterocycles. The lowest BCUT2D eigenvalue weighted by Crippen LogP contribution is -1.96. The lowest BCUT2D eigenvalue weighted by atomic mass is 10.1. The average Bonchev–Trinajstić information content (AvgIpc) is 3.44. The number of para-hydroxylation sites is 2. The molecule has 0 saturated heterocycles. The second-order valence-corrected chi connectivity index (χ2v) is 9.14. The Balaban J connectivity index is 1.58. The van der Waals surface area contributed by atoms with Crippen LogP contribution in [0.5, 0.6) is 0 Å². The zero-order valence-corrected chi connectivity index (χ0v) is 19.8. The molecule has 0 amide bonds. The van der Waals surface area contributed by atoms with Gasteiger partial charge in [0.25, 0.3) is 11.4 Å². The number of fused-ring (bicyclic) bond motifs is 6. The topological polar surface area (TPSA) is 96.1 Å². The molecule has 0 aliphatic carbocycles. The molecular formula is C30H18N4O4. The van der Waals surface area contributed by atoms with Crippen molar-refractivity contribution < 1.29 is 9.85 Å². The highest BCUT2D eigenvalue weighted by atomic mass is 16.6. The predicted octanol–water partition coefficient (Wildman–Crippen LogP) is 7.70. The number of hydrogen-bond donors (Lipinski definition) is 0. The van der Waals surface area contributed by atoms with E-state index in [1.165, 1.54) is 24.3 Å². The molecular weight excluding hydrogens is 480 g/mol. The fourth-order valence-corrected chi connectivity index (χ4v) is 5.43. The van der Waals surface area contributed by atoms with Crippen molar-refractivity contribution in [2.75, 3.05) is 0 Å². The van der Waals surface area contributed by atoms with Crippen molar-refractivity contribution >= 4 is 55.0 Å². The fraction of sp³-hybridized carbons (Fsp3) is 0. The summed E-state index contributed by atoms with van der Waals surface area (Å²) in [5.74, 6) is 0. The molecule has 8 nitrogen and oxygen atoms in total. The number of benzene rings is 5. The summed E-state index contributed by atoms with van der Waals surface area (Å²) in [6.45, 7) is 0. The third kappa shape index (κ3) is 3.10. The Hall–Kier alpha value is -5.50. The van der Waals surface area contributed by atoms with Gasteiger partial charge in [0, 0.05) is 57.2 Å². The molecule has 0 fully saturated rings. The lowest BCUT2D eigenvalue weighted by Gasteiger charge is -2.09. The number of rotatable bonds is 4. The van der Waals surface area contributed by atoms with Gasteiger partial charge >= 0.3 is 0 Å². The van der Waals surface area contributed by atoms with Gasteiger partial charge in [-0.05, 0) is 48.5 Å². The number of aromatic nitrogens is 2. The van der Waals surface area contributed by atoms with Gasteiger partial charge in [0.15, 0.2) is 0 Å². The van der Waals surface area contributed by atoms with Crippen LogP contribution in [0.2, 0.25) is 0 Å². The first-order valence-electron chi connectivity index (χ1n) is 12.0. The van der Waals surface area contributed by atoms with Crippen molar-refractivity contribution in [2.24, 2.45) is 0 Å². The van der Waals surface area contributed by atoms with E-state index in [-0.39, 0.29) is 11.4 Å². The summed E-state index contributed by atoms with van der Waals surface area (Å²) in [5, 5.41) is 26.7. The number of hydrogen-bond acceptors (Lipinski definition) is 4. The molecule has 2 heterocycles. The van der Waals surface area contributed by atoms with Crippen LogP contribution in [-0.4, -0.2) is 19.0 Å². The van der Waals surface area contributed by atoms with E-state index in [9.17, 15) is 20.2 Å². The molecule has 7 aromatic rings. The van der Waals surface area contributed by atoms with Gasteiger partial charge in [-0.15, -0.1) is 0 Å². The summed E-state index contributed by atoms with van der Waals surface area (Å²) < 4.78 is 4.26. The first kappa shape index (κ1) is 21.8. The van der Waals surface area contributed by atoms with E-state index < -0.39 is 9.85 Å². The highest BCUT2D eigenvalue weighted by Gasteiger charge is 2.19. The number of nitrogens with zero attached hydrogens (tertiary/aromatic N) is 4. The summed E-state index contributed by atoms with van der Waals surface area (Å²) in [5.41, 5.74) is 5.72. The third-order valence-corrected chi connectivity index (χ3v) is 7.10. The maximum absolute atomic E-state index is 11.2. The second kappa shape index (κ2) is 8.01. The van der Waals surface area contributed by atoms with Crippen molar-refractivity contribution in [3.63, 3.8) is 0 Å². The van der Waals surface area contributed by atoms with E-state index in [1.807, 2.05) is 36.4 Å². The number of nitro groups is 2. The van der Waals surface area contributed by atoms with Crippen LogP contribution in [0.15, 0.2) is 109 Å². The van der Waals surface area contributed by atoms with Crippen molar-refractivity contribution in [1.29, 1.82) is 0 Å². The van der Waals surface area contributed by atoms with Gasteiger partial charge in [-0.25, -0.2) is 0 Å². The third-order valence-electron chi connectivity index (χ3n) is 7.10. The van der Waals surface area contributed by atoms with Gasteiger partial charge in [0.1, 0.15) is 0 Å². The standard InChI is InChI=1S/C30H18N4O4/c35-33(36)21-13-9-19(10-14-21)31-27-7-3-1-5-23(27)25-17-30-26(18-29(25)31)24-6-2-4-8-28(24)32(30)20-11-15-22(16-12-20)34(37)38/h1-18H. The summed E-state index contributed by atoms with van der Waals surface area (Å²) in [6, 6.07) is 33.7. The Kier molecular flexibility index (Phi) is 4.58. The summed E-state index contributed by atoms with van der Waals surface area (Å²) in [7, 11) is 0. The number of non-ortho nitro benzene ring substituents is 2. The van der Waals surface area contributed by atoms with Gasteiger partial charge in [-0.1, -0.05) is 36.4 Å². The molecule has 0 aliphatic heterocycles. The molecule has 0 atom stereocenters. The largest absolute Gasteiger partial charge is 0.309 e. The van der Waals surface area contributed by atoms with Gasteiger partial charge in [-0.2, -0.15) is 0 Å². The van der Waals surface area contributed by atoms with Crippen LogP contribution in [0.1, 0.15) is 0 Å². The molecule has 7 rings (SSSR count). The van der Waals surface area contributed by atoms with Gasteiger partial charge in [0.05, 0.1) is 31.9 Å². The van der Waals surface area contributed by atoms with Crippen molar-refractivity contribution in [1.82, 2.24) is 9.13 Å². The SMILES string of the molecule is O=[N+]([O-])c1ccc(-n2c3ccccc3c3cc4c(cc32)c2ccccc2n4-c2ccc([N+](=O)[O-])cc2)cc1. The van der Waals surface area contributed by atoms with Gasteiger partial charge in [-0.3, -0.25) is 20.2 Å². The van der Waals surface area contributed by atoms with Crippen molar-refractivity contribution in [3.8, 4) is 11.4 Å². The molecule has 0 unspecified atom stereocenters. The van der Waals surface area contributed by atoms with Crippen LogP contribution < -0.4 is 0 Å². The first-order valence-corrected chi connectivity index (χ1v) is 12.0. The fourth-order valence-electron chi connectivity index (χ4n) is 5.43. The van der Waals surface area contributed by atoms with E-state index in [1.54, 1.807) is 24.3 Å². The lowest BCUT2D eigenvalue weighted by molar-refractivity contribution is -0.385. The quantitative estimate of drug-likeness (QED) is 0.183. The van der Waals surface area contributed by atoms with E-state index in [0.717, 1.165) is 55.0 Å². The zero-order valence-electron chi connectivity index (χ0n) is 19.8. The van der Waals surface area contributed by atoms with Crippen LogP contribution >= 0.6 is 0 Å². The summed E-state index contributed by atoms with van der Waals surface area (Å²) in [4.78, 5) is 21.7. The van der Waals surface area contributed by atoms with Crippen LogP contribution in [0.3, 0.4) is 0 Å². The van der Waals surface area contributed by atoms with E-state index in [2.05, 4.69) is 33.4 Å². The van der Waals surface area contributed by atoms with Crippen LogP contribution in [0.25, 0.3) is 55.0 Å². The Labute approximate surface area is 214 Å². The Bertz CT molecular complexity index is 1920. The minimum Gasteiger partial charge on any atom is -0.309 e. The molecule has 0 aliphatic rings. The average molecular weight is 498 g/mol. The Morgan fingerprint density at radius 2 is 0.816 bits per heavy atom. The molecule has 0 spiro atoms. The van der Waals surface area contributed by atoms with E-state index >= 15 is 0 Å². The molecule has 0 bridgehead atoms. The molecule has 0 N–H and O–H groups in total. The normalized spacial score (nSPS) is 11.6. The first-order chi connectivity index (χ1) is 18.5. The predicted molar refractivity (Wildman–Crippen MR) is 148 cm³/mol. The van der Waals surface area contributed by atoms with Gasteiger partial charge in [0.2, 0.25) is 0 Å². The molecule has 8 heteroatoms. The molecule has 38 heavy (non-hydrogen) atoms. The zero-order chi connectivity index (χ0) is 26.0.